The van der Waals surface area contributed by atoms with E-state index >= 15 is 0 Å². The van der Waals surface area contributed by atoms with E-state index in [1.807, 2.05) is 79.0 Å². The molecule has 0 aliphatic heterocycles. The van der Waals surface area contributed by atoms with E-state index < -0.39 is 14.4 Å². The number of furan rings is 1. The molecule has 0 saturated heterocycles. The number of aromatic nitrogens is 2. The van der Waals surface area contributed by atoms with Gasteiger partial charge >= 0.3 is 0 Å². The first-order valence-electron chi connectivity index (χ1n) is 17.5. The second-order valence-electron chi connectivity index (χ2n) is 13.3. The fourth-order valence-electron chi connectivity index (χ4n) is 6.30. The molecule has 4 aromatic carbocycles. The van der Waals surface area contributed by atoms with Crippen LogP contribution in [0.25, 0.3) is 55.6 Å². The third kappa shape index (κ3) is 7.60. The van der Waals surface area contributed by atoms with Crippen LogP contribution in [0.1, 0.15) is 34.0 Å². The van der Waals surface area contributed by atoms with Crippen molar-refractivity contribution in [3.63, 3.8) is 0 Å². The van der Waals surface area contributed by atoms with Gasteiger partial charge in [0.15, 0.2) is 0 Å². The molecule has 48 heavy (non-hydrogen) atoms. The van der Waals surface area contributed by atoms with E-state index in [9.17, 15) is 0 Å². The van der Waals surface area contributed by atoms with E-state index in [4.69, 9.17) is 7.16 Å². The van der Waals surface area contributed by atoms with E-state index in [0.717, 1.165) is 81.3 Å². The molecule has 0 spiro atoms. The molecule has 3 nitrogen and oxygen atoms in total. The molecule has 1 saturated carbocycles. The van der Waals surface area contributed by atoms with Crippen molar-refractivity contribution in [2.45, 2.75) is 51.7 Å². The van der Waals surface area contributed by atoms with Crippen molar-refractivity contribution in [3.05, 3.63) is 139 Å². The van der Waals surface area contributed by atoms with Gasteiger partial charge in [-0.15, -0.1) is 59.7 Å². The standard InChI is InChI=1S/C29H24NO.C14H16NSi.Ir/c1-2-9-22(10-3-1)24-11-6-12-28-29(24)25-19-23(13-14-27(25)31-28)26-18-21(15-16-30-26)17-20-7-4-5-8-20;1-16(2,3)13-9-10-14(15-11-13)12-7-5-4-6-8-12;/h1-3,6,9-12,14-16,18-20H,4-5,7-8,17H2;4-7,9-11H,1-3H3;/q2*-1;/i17D2;;. The molecule has 8 rings (SSSR count). The number of nitrogens with zero attached hydrogens (tertiary/aromatic N) is 2. The molecule has 0 amide bonds. The normalized spacial score (nSPS) is 14.1. The number of fused-ring (bicyclic) bond motifs is 3. The maximum absolute atomic E-state index is 8.77. The zero-order valence-corrected chi connectivity index (χ0v) is 31.0. The van der Waals surface area contributed by atoms with Crippen LogP contribution in [0.2, 0.25) is 19.6 Å². The molecule has 1 aliphatic carbocycles. The summed E-state index contributed by atoms with van der Waals surface area (Å²) in [6.45, 7) is 7.00. The molecule has 243 valence electrons. The molecule has 0 bridgehead atoms. The van der Waals surface area contributed by atoms with Crippen molar-refractivity contribution in [3.8, 4) is 33.6 Å². The molecule has 1 fully saturated rings. The Bertz CT molecular complexity index is 2190. The first-order chi connectivity index (χ1) is 23.7. The van der Waals surface area contributed by atoms with Gasteiger partial charge in [-0.1, -0.05) is 117 Å². The Morgan fingerprint density at radius 3 is 2.33 bits per heavy atom. The zero-order valence-electron chi connectivity index (χ0n) is 29.6. The summed E-state index contributed by atoms with van der Waals surface area (Å²) in [4.78, 5) is 9.09. The predicted molar refractivity (Wildman–Crippen MR) is 198 cm³/mol. The van der Waals surface area contributed by atoms with Crippen molar-refractivity contribution >= 4 is 35.2 Å². The molecule has 3 aromatic heterocycles. The van der Waals surface area contributed by atoms with E-state index in [1.54, 1.807) is 6.20 Å². The Kier molecular flexibility index (Phi) is 9.70. The minimum atomic E-state index is -1.35. The Labute approximate surface area is 301 Å². The van der Waals surface area contributed by atoms with Crippen LogP contribution in [0.5, 0.6) is 0 Å². The third-order valence-corrected chi connectivity index (χ3v) is 10.9. The molecule has 5 heteroatoms. The predicted octanol–water partition coefficient (Wildman–Crippen LogP) is 10.9. The molecule has 0 atom stereocenters. The zero-order chi connectivity index (χ0) is 34.0. The summed E-state index contributed by atoms with van der Waals surface area (Å²) >= 11 is 0. The summed E-state index contributed by atoms with van der Waals surface area (Å²) in [5.74, 6) is 0.0745. The quantitative estimate of drug-likeness (QED) is 0.124. The van der Waals surface area contributed by atoms with E-state index in [-0.39, 0.29) is 26.0 Å². The van der Waals surface area contributed by atoms with Crippen LogP contribution in [0.4, 0.5) is 0 Å². The number of hydrogen-bond acceptors (Lipinski definition) is 3. The Morgan fingerprint density at radius 1 is 0.792 bits per heavy atom. The van der Waals surface area contributed by atoms with Gasteiger partial charge < -0.3 is 14.4 Å². The topological polar surface area (TPSA) is 38.9 Å². The van der Waals surface area contributed by atoms with Gasteiger partial charge in [-0.2, -0.15) is 0 Å². The summed E-state index contributed by atoms with van der Waals surface area (Å²) in [6.07, 6.45) is 6.52. The Morgan fingerprint density at radius 2 is 1.60 bits per heavy atom. The van der Waals surface area contributed by atoms with Crippen LogP contribution in [0.15, 0.2) is 126 Å². The summed E-state index contributed by atoms with van der Waals surface area (Å²) in [5.41, 5.74) is 8.25. The van der Waals surface area contributed by atoms with Gasteiger partial charge in [-0.3, -0.25) is 0 Å². The van der Waals surface area contributed by atoms with E-state index in [1.165, 1.54) is 5.19 Å². The Hall–Kier alpha value is -4.15. The van der Waals surface area contributed by atoms with Crippen LogP contribution in [0, 0.1) is 18.1 Å². The SMILES string of the molecule is C[Si](C)(C)c1ccc(-c2[c-]cccc2)nc1.[2H]C([2H])(c1ccnc(-c2[c-]cc3oc4cccc(-c5ccccc5)c4c3c2)c1)C1CCCC1.[Ir]. The minimum Gasteiger partial charge on any atom is -0.500 e. The van der Waals surface area contributed by atoms with Crippen molar-refractivity contribution in [2.75, 3.05) is 0 Å². The maximum atomic E-state index is 8.77. The average Bonchev–Trinajstić information content (AvgIpc) is 3.82. The molecule has 0 N–H and O–H groups in total. The molecular formula is C43H40IrN2OSi-2. The monoisotopic (exact) mass is 823 g/mol. The van der Waals surface area contributed by atoms with Gasteiger partial charge in [-0.05, 0) is 52.1 Å². The summed E-state index contributed by atoms with van der Waals surface area (Å²) in [6, 6.07) is 42.9. The van der Waals surface area contributed by atoms with E-state index in [2.05, 4.69) is 78.1 Å². The second-order valence-corrected chi connectivity index (χ2v) is 18.4. The van der Waals surface area contributed by atoms with Crippen LogP contribution in [0.3, 0.4) is 0 Å². The molecule has 7 aromatic rings. The number of pyridine rings is 2. The van der Waals surface area contributed by atoms with Gasteiger partial charge in [0.05, 0.1) is 13.7 Å². The summed E-state index contributed by atoms with van der Waals surface area (Å²) in [7, 11) is -1.23. The molecule has 1 aliphatic rings. The second kappa shape index (κ2) is 14.9. The van der Waals surface area contributed by atoms with E-state index in [0.29, 0.717) is 5.56 Å². The van der Waals surface area contributed by atoms with Crippen molar-refractivity contribution in [1.29, 1.82) is 0 Å². The smallest absolute Gasteiger partial charge is 0.121 e. The summed E-state index contributed by atoms with van der Waals surface area (Å²) < 4.78 is 23.7. The average molecular weight is 823 g/mol. The van der Waals surface area contributed by atoms with Crippen molar-refractivity contribution in [2.24, 2.45) is 5.92 Å². The van der Waals surface area contributed by atoms with Gasteiger partial charge in [0.2, 0.25) is 0 Å². The third-order valence-electron chi connectivity index (χ3n) is 8.89. The maximum Gasteiger partial charge on any atom is 0.121 e. The molecule has 3 heterocycles. The fraction of sp³-hybridized carbons (Fsp3) is 0.209. The minimum absolute atomic E-state index is 0. The number of hydrogen-bond donors (Lipinski definition) is 0. The van der Waals surface area contributed by atoms with Gasteiger partial charge in [-0.25, -0.2) is 0 Å². The first kappa shape index (κ1) is 31.1. The van der Waals surface area contributed by atoms with Crippen molar-refractivity contribution in [1.82, 2.24) is 9.97 Å². The van der Waals surface area contributed by atoms with Crippen LogP contribution < -0.4 is 5.19 Å². The first-order valence-corrected chi connectivity index (χ1v) is 20.0. The van der Waals surface area contributed by atoms with Crippen LogP contribution in [-0.4, -0.2) is 18.0 Å². The van der Waals surface area contributed by atoms with Crippen molar-refractivity contribution < 1.29 is 27.3 Å². The van der Waals surface area contributed by atoms with Gasteiger partial charge in [0, 0.05) is 40.6 Å². The van der Waals surface area contributed by atoms with Crippen LogP contribution in [-0.2, 0) is 26.5 Å². The van der Waals surface area contributed by atoms with Gasteiger partial charge in [0.25, 0.3) is 0 Å². The largest absolute Gasteiger partial charge is 0.500 e. The fourth-order valence-corrected chi connectivity index (χ4v) is 7.33. The number of benzene rings is 4. The molecule has 1 radical (unpaired) electrons. The number of rotatable bonds is 6. The van der Waals surface area contributed by atoms with Crippen LogP contribution >= 0.6 is 0 Å². The van der Waals surface area contributed by atoms with Gasteiger partial charge in [0.1, 0.15) is 5.58 Å². The molecule has 0 unspecified atom stereocenters. The molecular weight excluding hydrogens is 781 g/mol. The summed E-state index contributed by atoms with van der Waals surface area (Å²) in [5, 5.41) is 3.49. The Balaban J connectivity index is 0.000000215.